The second-order valence-corrected chi connectivity index (χ2v) is 11.4. The first-order chi connectivity index (χ1) is 20.8. The van der Waals surface area contributed by atoms with Crippen LogP contribution in [0.5, 0.6) is 0 Å². The number of anilines is 1. The fraction of sp³-hybridized carbons (Fsp3) is 0.533. The zero-order chi connectivity index (χ0) is 33.5. The van der Waals surface area contributed by atoms with E-state index in [1.165, 1.54) is 4.90 Å². The summed E-state index contributed by atoms with van der Waals surface area (Å²) in [5.41, 5.74) is -5.15. The number of halogens is 9. The van der Waals surface area contributed by atoms with Crippen molar-refractivity contribution in [3.63, 3.8) is 0 Å². The number of hydrogen-bond donors (Lipinski definition) is 0. The number of carbonyl (C=O) groups excluding carboxylic acids is 2. The molecule has 4 rings (SSSR count). The van der Waals surface area contributed by atoms with Gasteiger partial charge in [-0.15, -0.1) is 0 Å². The molecular formula is C30H31F9N2O4. The number of rotatable bonds is 5. The number of hydrogen-bond acceptors (Lipinski definition) is 4. The zero-order valence-corrected chi connectivity index (χ0v) is 24.4. The average Bonchev–Trinajstić information content (AvgIpc) is 3.47. The molecule has 1 heterocycles. The van der Waals surface area contributed by atoms with Crippen molar-refractivity contribution in [2.45, 2.75) is 89.2 Å². The van der Waals surface area contributed by atoms with E-state index >= 15 is 0 Å². The number of fused-ring (bicyclic) bond motifs is 1. The monoisotopic (exact) mass is 654 g/mol. The Morgan fingerprint density at radius 3 is 1.91 bits per heavy atom. The van der Waals surface area contributed by atoms with Gasteiger partial charge >= 0.3 is 30.7 Å². The van der Waals surface area contributed by atoms with E-state index in [9.17, 15) is 49.1 Å². The number of ether oxygens (including phenoxy) is 2. The largest absolute Gasteiger partial charge is 0.453 e. The van der Waals surface area contributed by atoms with Crippen molar-refractivity contribution < 1.29 is 58.6 Å². The first-order valence-corrected chi connectivity index (χ1v) is 14.1. The Bertz CT molecular complexity index is 1370. The molecule has 1 aliphatic heterocycles. The summed E-state index contributed by atoms with van der Waals surface area (Å²) in [5.74, 6) is -0.174. The molecule has 2 atom stereocenters. The van der Waals surface area contributed by atoms with Crippen LogP contribution in [-0.2, 0) is 34.5 Å². The molecule has 0 bridgehead atoms. The maximum absolute atomic E-state index is 13.9. The van der Waals surface area contributed by atoms with Gasteiger partial charge in [-0.2, -0.15) is 39.5 Å². The highest BCUT2D eigenvalue weighted by Crippen LogP contribution is 2.48. The van der Waals surface area contributed by atoms with Crippen LogP contribution in [0, 0.1) is 5.92 Å². The van der Waals surface area contributed by atoms with Gasteiger partial charge < -0.3 is 9.47 Å². The lowest BCUT2D eigenvalue weighted by Crippen LogP contribution is -2.51. The predicted molar refractivity (Wildman–Crippen MR) is 143 cm³/mol. The van der Waals surface area contributed by atoms with Crippen LogP contribution >= 0.6 is 0 Å². The normalized spacial score (nSPS) is 19.4. The molecule has 15 heteroatoms. The summed E-state index contributed by atoms with van der Waals surface area (Å²) in [5, 5.41) is 0. The van der Waals surface area contributed by atoms with Crippen LogP contribution in [0.2, 0.25) is 0 Å². The molecule has 1 saturated carbocycles. The molecule has 0 N–H and O–H groups in total. The van der Waals surface area contributed by atoms with Crippen molar-refractivity contribution in [2.24, 2.45) is 5.92 Å². The summed E-state index contributed by atoms with van der Waals surface area (Å²) in [6.07, 6.45) is -15.1. The van der Waals surface area contributed by atoms with E-state index in [-0.39, 0.29) is 29.7 Å². The topological polar surface area (TPSA) is 59.1 Å². The van der Waals surface area contributed by atoms with Gasteiger partial charge in [0, 0.05) is 12.6 Å². The number of alkyl halides is 9. The van der Waals surface area contributed by atoms with E-state index in [2.05, 4.69) is 0 Å². The number of benzene rings is 2. The highest BCUT2D eigenvalue weighted by molar-refractivity contribution is 5.91. The molecule has 1 fully saturated rings. The van der Waals surface area contributed by atoms with Crippen molar-refractivity contribution in [2.75, 3.05) is 12.0 Å². The van der Waals surface area contributed by atoms with Crippen LogP contribution in [0.25, 0.3) is 0 Å². The van der Waals surface area contributed by atoms with Crippen LogP contribution < -0.4 is 4.90 Å². The van der Waals surface area contributed by atoms with E-state index in [0.717, 1.165) is 43.1 Å². The highest BCUT2D eigenvalue weighted by Gasteiger charge is 2.46. The Labute approximate surface area is 253 Å². The van der Waals surface area contributed by atoms with Crippen LogP contribution in [0.1, 0.15) is 79.8 Å². The maximum Gasteiger partial charge on any atom is 0.416 e. The van der Waals surface area contributed by atoms with Crippen molar-refractivity contribution in [1.82, 2.24) is 4.90 Å². The summed E-state index contributed by atoms with van der Waals surface area (Å²) >= 11 is 0. The van der Waals surface area contributed by atoms with Gasteiger partial charge in [-0.1, -0.05) is 12.8 Å². The fourth-order valence-corrected chi connectivity index (χ4v) is 6.12. The Morgan fingerprint density at radius 2 is 1.42 bits per heavy atom. The smallest absolute Gasteiger partial charge is 0.416 e. The lowest BCUT2D eigenvalue weighted by atomic mass is 9.82. The predicted octanol–water partition coefficient (Wildman–Crippen LogP) is 9.37. The van der Waals surface area contributed by atoms with Gasteiger partial charge in [-0.25, -0.2) is 9.59 Å². The summed E-state index contributed by atoms with van der Waals surface area (Å²) in [6, 6.07) is 1.34. The van der Waals surface area contributed by atoms with Crippen LogP contribution in [0.3, 0.4) is 0 Å². The molecule has 0 radical (unpaired) electrons. The van der Waals surface area contributed by atoms with E-state index in [1.54, 1.807) is 13.8 Å². The molecule has 2 amide bonds. The average molecular weight is 655 g/mol. The van der Waals surface area contributed by atoms with E-state index in [0.29, 0.717) is 25.0 Å². The standard InChI is InChI=1S/C30H31F9N2O4/c1-16(2)45-27(43)41-23-9-8-19(28(31,32)33)13-22(23)25(14-24(41)18-6-4-5-7-18)40(26(42)44-3)15-17-10-20(29(34,35)36)12-21(11-17)30(37,38)39/h8-13,16,18,24-25H,4-7,14-15H2,1-3H3/t24-,25-/m0/s1. The molecule has 248 valence electrons. The van der Waals surface area contributed by atoms with Gasteiger partial charge in [-0.3, -0.25) is 9.80 Å². The molecule has 2 aliphatic rings. The first kappa shape index (κ1) is 34.2. The molecule has 1 aliphatic carbocycles. The van der Waals surface area contributed by atoms with Crippen molar-refractivity contribution in [1.29, 1.82) is 0 Å². The molecule has 2 aromatic rings. The summed E-state index contributed by atoms with van der Waals surface area (Å²) in [6.45, 7) is 2.31. The van der Waals surface area contributed by atoms with E-state index in [4.69, 9.17) is 9.47 Å². The second kappa shape index (κ2) is 12.6. The molecule has 0 unspecified atom stereocenters. The maximum atomic E-state index is 13.9. The summed E-state index contributed by atoms with van der Waals surface area (Å²) < 4.78 is 134. The minimum absolute atomic E-state index is 0.0178. The van der Waals surface area contributed by atoms with Gasteiger partial charge in [0.05, 0.1) is 41.6 Å². The third-order valence-electron chi connectivity index (χ3n) is 8.03. The van der Waals surface area contributed by atoms with E-state index < -0.39 is 77.7 Å². The van der Waals surface area contributed by atoms with Gasteiger partial charge in [-0.05, 0) is 86.6 Å². The van der Waals surface area contributed by atoms with E-state index in [1.807, 2.05) is 0 Å². The van der Waals surface area contributed by atoms with Crippen LogP contribution in [-0.4, -0.2) is 36.3 Å². The second-order valence-electron chi connectivity index (χ2n) is 11.4. The lowest BCUT2D eigenvalue weighted by Gasteiger charge is -2.46. The number of amides is 2. The minimum Gasteiger partial charge on any atom is -0.453 e. The Kier molecular flexibility index (Phi) is 9.60. The number of methoxy groups -OCH3 is 1. The van der Waals surface area contributed by atoms with Gasteiger partial charge in [0.25, 0.3) is 0 Å². The van der Waals surface area contributed by atoms with Crippen molar-refractivity contribution in [3.8, 4) is 0 Å². The first-order valence-electron chi connectivity index (χ1n) is 14.1. The van der Waals surface area contributed by atoms with Crippen molar-refractivity contribution >= 4 is 17.9 Å². The molecular weight excluding hydrogens is 623 g/mol. The minimum atomic E-state index is -5.17. The quantitative estimate of drug-likeness (QED) is 0.302. The number of carbonyl (C=O) groups is 2. The number of nitrogens with zero attached hydrogens (tertiary/aromatic N) is 2. The molecule has 0 saturated heterocycles. The van der Waals surface area contributed by atoms with Gasteiger partial charge in [0.15, 0.2) is 0 Å². The SMILES string of the molecule is COC(=O)N(Cc1cc(C(F)(F)F)cc(C(F)(F)F)c1)[C@H]1C[C@@H](C2CCCC2)N(C(=O)OC(C)C)c2ccc(C(F)(F)F)cc21. The zero-order valence-electron chi connectivity index (χ0n) is 24.4. The fourth-order valence-electron chi connectivity index (χ4n) is 6.12. The van der Waals surface area contributed by atoms with Gasteiger partial charge in [0.1, 0.15) is 0 Å². The molecule has 0 aromatic heterocycles. The lowest BCUT2D eigenvalue weighted by molar-refractivity contribution is -0.143. The van der Waals surface area contributed by atoms with Gasteiger partial charge in [0.2, 0.25) is 0 Å². The van der Waals surface area contributed by atoms with Crippen LogP contribution in [0.15, 0.2) is 36.4 Å². The molecule has 0 spiro atoms. The third-order valence-corrected chi connectivity index (χ3v) is 8.03. The Hall–Kier alpha value is -3.65. The molecule has 2 aromatic carbocycles. The summed E-state index contributed by atoms with van der Waals surface area (Å²) in [4.78, 5) is 28.7. The third kappa shape index (κ3) is 7.60. The molecule has 45 heavy (non-hydrogen) atoms. The van der Waals surface area contributed by atoms with Crippen LogP contribution in [0.4, 0.5) is 54.8 Å². The highest BCUT2D eigenvalue weighted by atomic mass is 19.4. The molecule has 6 nitrogen and oxygen atoms in total. The Morgan fingerprint density at radius 1 is 0.867 bits per heavy atom. The summed E-state index contributed by atoms with van der Waals surface area (Å²) in [7, 11) is 0.930. The Balaban J connectivity index is 1.91. The van der Waals surface area contributed by atoms with Crippen molar-refractivity contribution in [3.05, 3.63) is 64.2 Å².